The lowest BCUT2D eigenvalue weighted by Gasteiger charge is -2.29. The summed E-state index contributed by atoms with van der Waals surface area (Å²) < 4.78 is 5.22. The van der Waals surface area contributed by atoms with E-state index in [1.165, 1.54) is 0 Å². The van der Waals surface area contributed by atoms with Gasteiger partial charge in [0.2, 0.25) is 0 Å². The number of fused-ring (bicyclic) bond motifs is 1. The Morgan fingerprint density at radius 3 is 2.80 bits per heavy atom. The van der Waals surface area contributed by atoms with Crippen LogP contribution in [0.1, 0.15) is 12.5 Å². The summed E-state index contributed by atoms with van der Waals surface area (Å²) in [6.45, 7) is 2.67. The zero-order chi connectivity index (χ0) is 14.7. The minimum absolute atomic E-state index is 0.0229. The quantitative estimate of drug-likeness (QED) is 0.644. The minimum Gasteiger partial charge on any atom is -0.384 e. The molecule has 1 heterocycles. The molecule has 1 aromatic carbocycles. The molecule has 106 valence electrons. The highest BCUT2D eigenvalue weighted by atomic mass is 16.5. The van der Waals surface area contributed by atoms with Gasteiger partial charge in [-0.1, -0.05) is 18.2 Å². The number of para-hydroxylation sites is 1. The molecule has 0 radical (unpaired) electrons. The Balaban J connectivity index is 2.63. The van der Waals surface area contributed by atoms with Gasteiger partial charge >= 0.3 is 0 Å². The van der Waals surface area contributed by atoms with Crippen molar-refractivity contribution in [1.29, 1.82) is 5.41 Å². The van der Waals surface area contributed by atoms with Crippen LogP contribution in [-0.2, 0) is 4.74 Å². The summed E-state index contributed by atoms with van der Waals surface area (Å²) in [6.07, 6.45) is 1.66. The number of nitrogen functional groups attached to an aromatic ring is 1. The highest BCUT2D eigenvalue weighted by Gasteiger charge is 2.18. The number of likely N-dealkylation sites (N-methyl/N-ethyl adjacent to an activating group) is 1. The van der Waals surface area contributed by atoms with Gasteiger partial charge in [-0.15, -0.1) is 0 Å². The first-order valence-electron chi connectivity index (χ1n) is 6.50. The van der Waals surface area contributed by atoms with Crippen LogP contribution in [0.25, 0.3) is 10.9 Å². The number of pyridine rings is 1. The number of methoxy groups -OCH3 is 1. The lowest BCUT2D eigenvalue weighted by atomic mass is 10.1. The van der Waals surface area contributed by atoms with Crippen molar-refractivity contribution in [3.8, 4) is 0 Å². The summed E-state index contributed by atoms with van der Waals surface area (Å²) in [6, 6.07) is 8.04. The summed E-state index contributed by atoms with van der Waals surface area (Å²) in [7, 11) is 3.67. The third-order valence-electron chi connectivity index (χ3n) is 3.46. The molecule has 0 bridgehead atoms. The molecular weight excluding hydrogens is 252 g/mol. The van der Waals surface area contributed by atoms with Crippen LogP contribution in [0.2, 0.25) is 0 Å². The Bertz CT molecular complexity index is 626. The van der Waals surface area contributed by atoms with Crippen molar-refractivity contribution in [1.82, 2.24) is 4.98 Å². The van der Waals surface area contributed by atoms with Gasteiger partial charge in [-0.3, -0.25) is 10.4 Å². The fourth-order valence-corrected chi connectivity index (χ4v) is 2.28. The van der Waals surface area contributed by atoms with Gasteiger partial charge < -0.3 is 15.4 Å². The van der Waals surface area contributed by atoms with E-state index in [1.807, 2.05) is 31.3 Å². The van der Waals surface area contributed by atoms with Crippen molar-refractivity contribution in [2.45, 2.75) is 13.0 Å². The van der Waals surface area contributed by atoms with E-state index >= 15 is 0 Å². The predicted molar refractivity (Wildman–Crippen MR) is 82.5 cm³/mol. The van der Waals surface area contributed by atoms with E-state index in [0.29, 0.717) is 12.2 Å². The number of amidine groups is 1. The maximum atomic E-state index is 7.77. The smallest absolute Gasteiger partial charge is 0.126 e. The Hall–Kier alpha value is -2.14. The molecule has 0 fully saturated rings. The SMILES string of the molecule is COCC(C)N(C)c1c(C(=N)N)cnc2ccccc12. The highest BCUT2D eigenvalue weighted by molar-refractivity contribution is 6.07. The predicted octanol–water partition coefficient (Wildman–Crippen LogP) is 1.99. The van der Waals surface area contributed by atoms with Crippen LogP contribution in [0.5, 0.6) is 0 Å². The molecule has 0 saturated heterocycles. The first-order chi connectivity index (χ1) is 9.56. The van der Waals surface area contributed by atoms with Crippen molar-refractivity contribution in [2.24, 2.45) is 5.73 Å². The molecule has 1 unspecified atom stereocenters. The van der Waals surface area contributed by atoms with E-state index in [2.05, 4.69) is 16.8 Å². The average Bonchev–Trinajstić information content (AvgIpc) is 2.45. The number of nitrogens with zero attached hydrogens (tertiary/aromatic N) is 2. The second kappa shape index (κ2) is 5.88. The van der Waals surface area contributed by atoms with Crippen LogP contribution in [-0.4, -0.2) is 37.6 Å². The zero-order valence-electron chi connectivity index (χ0n) is 12.1. The van der Waals surface area contributed by atoms with Gasteiger partial charge in [0.1, 0.15) is 5.84 Å². The molecule has 1 aromatic heterocycles. The van der Waals surface area contributed by atoms with E-state index in [-0.39, 0.29) is 11.9 Å². The third kappa shape index (κ3) is 2.58. The number of nitrogens with one attached hydrogen (secondary N) is 1. The number of ether oxygens (including phenoxy) is 1. The van der Waals surface area contributed by atoms with Crippen molar-refractivity contribution in [3.63, 3.8) is 0 Å². The van der Waals surface area contributed by atoms with Crippen LogP contribution < -0.4 is 10.6 Å². The van der Waals surface area contributed by atoms with Crippen molar-refractivity contribution in [2.75, 3.05) is 25.7 Å². The first kappa shape index (κ1) is 14.3. The Morgan fingerprint density at radius 1 is 1.45 bits per heavy atom. The number of anilines is 1. The normalized spacial score (nSPS) is 12.3. The van der Waals surface area contributed by atoms with Crippen LogP contribution in [0.4, 0.5) is 5.69 Å². The molecular formula is C15H20N4O. The van der Waals surface area contributed by atoms with E-state index in [9.17, 15) is 0 Å². The maximum absolute atomic E-state index is 7.77. The molecule has 5 heteroatoms. The Kier molecular flexibility index (Phi) is 4.20. The average molecular weight is 272 g/mol. The van der Waals surface area contributed by atoms with Crippen molar-refractivity contribution < 1.29 is 4.74 Å². The van der Waals surface area contributed by atoms with Gasteiger partial charge in [0.25, 0.3) is 0 Å². The van der Waals surface area contributed by atoms with Crippen LogP contribution in [0.3, 0.4) is 0 Å². The largest absolute Gasteiger partial charge is 0.384 e. The molecule has 2 aromatic rings. The Morgan fingerprint density at radius 2 is 2.15 bits per heavy atom. The minimum atomic E-state index is 0.0229. The van der Waals surface area contributed by atoms with Gasteiger partial charge in [-0.25, -0.2) is 0 Å². The van der Waals surface area contributed by atoms with E-state index in [0.717, 1.165) is 16.6 Å². The number of aromatic nitrogens is 1. The zero-order valence-corrected chi connectivity index (χ0v) is 12.1. The second-order valence-corrected chi connectivity index (χ2v) is 4.87. The van der Waals surface area contributed by atoms with Gasteiger partial charge in [-0.2, -0.15) is 0 Å². The summed E-state index contributed by atoms with van der Waals surface area (Å²) >= 11 is 0. The van der Waals surface area contributed by atoms with Crippen LogP contribution in [0.15, 0.2) is 30.5 Å². The summed E-state index contributed by atoms with van der Waals surface area (Å²) in [5.74, 6) is 0.0229. The van der Waals surface area contributed by atoms with Gasteiger partial charge in [0.05, 0.1) is 23.4 Å². The molecule has 0 amide bonds. The molecule has 0 aliphatic rings. The molecule has 0 saturated carbocycles. The van der Waals surface area contributed by atoms with Gasteiger partial charge in [0.15, 0.2) is 0 Å². The fourth-order valence-electron chi connectivity index (χ4n) is 2.28. The van der Waals surface area contributed by atoms with Crippen molar-refractivity contribution >= 4 is 22.4 Å². The van der Waals surface area contributed by atoms with Gasteiger partial charge in [0, 0.05) is 31.8 Å². The monoisotopic (exact) mass is 272 g/mol. The number of nitrogens with two attached hydrogens (primary N) is 1. The molecule has 0 aliphatic carbocycles. The molecule has 1 atom stereocenters. The fraction of sp³-hybridized carbons (Fsp3) is 0.333. The van der Waals surface area contributed by atoms with Crippen LogP contribution >= 0.6 is 0 Å². The van der Waals surface area contributed by atoms with E-state index < -0.39 is 0 Å². The molecule has 20 heavy (non-hydrogen) atoms. The second-order valence-electron chi connectivity index (χ2n) is 4.87. The topological polar surface area (TPSA) is 75.2 Å². The molecule has 3 N–H and O–H groups in total. The third-order valence-corrected chi connectivity index (χ3v) is 3.46. The number of rotatable bonds is 5. The van der Waals surface area contributed by atoms with Crippen molar-refractivity contribution in [3.05, 3.63) is 36.0 Å². The number of benzene rings is 1. The maximum Gasteiger partial charge on any atom is 0.126 e. The van der Waals surface area contributed by atoms with E-state index in [1.54, 1.807) is 13.3 Å². The first-order valence-corrected chi connectivity index (χ1v) is 6.50. The molecule has 0 aliphatic heterocycles. The molecule has 2 rings (SSSR count). The summed E-state index contributed by atoms with van der Waals surface area (Å²) in [5, 5.41) is 8.76. The highest BCUT2D eigenvalue weighted by Crippen LogP contribution is 2.29. The Labute approximate surface area is 118 Å². The number of hydrogen-bond donors (Lipinski definition) is 2. The summed E-state index contributed by atoms with van der Waals surface area (Å²) in [5.41, 5.74) is 8.17. The van der Waals surface area contributed by atoms with Gasteiger partial charge in [-0.05, 0) is 13.0 Å². The lowest BCUT2D eigenvalue weighted by molar-refractivity contribution is 0.183. The van der Waals surface area contributed by atoms with E-state index in [4.69, 9.17) is 15.9 Å². The van der Waals surface area contributed by atoms with Crippen LogP contribution in [0, 0.1) is 5.41 Å². The lowest BCUT2D eigenvalue weighted by Crippen LogP contribution is -2.34. The number of hydrogen-bond acceptors (Lipinski definition) is 4. The molecule has 5 nitrogen and oxygen atoms in total. The summed E-state index contributed by atoms with van der Waals surface area (Å²) in [4.78, 5) is 6.46. The molecule has 0 spiro atoms. The standard InChI is InChI=1S/C15H20N4O/c1-10(9-20-3)19(2)14-11-6-4-5-7-13(11)18-8-12(14)15(16)17/h4-8,10H,9H2,1-3H3,(H3,16,17).